The number of aliphatic imine (C=N–C) groups is 1. The van der Waals surface area contributed by atoms with Crippen molar-refractivity contribution in [3.05, 3.63) is 22.4 Å². The quantitative estimate of drug-likeness (QED) is 0.433. The van der Waals surface area contributed by atoms with Crippen molar-refractivity contribution in [1.82, 2.24) is 15.5 Å². The van der Waals surface area contributed by atoms with Crippen molar-refractivity contribution in [2.75, 3.05) is 27.2 Å². The van der Waals surface area contributed by atoms with Crippen molar-refractivity contribution >= 4 is 41.3 Å². The fraction of sp³-hybridized carbons (Fsp3) is 0.667. The van der Waals surface area contributed by atoms with Gasteiger partial charge in [0.2, 0.25) is 0 Å². The van der Waals surface area contributed by atoms with Crippen molar-refractivity contribution < 1.29 is 0 Å². The Morgan fingerprint density at radius 3 is 2.48 bits per heavy atom. The summed E-state index contributed by atoms with van der Waals surface area (Å²) in [4.78, 5) is 8.31. The summed E-state index contributed by atoms with van der Waals surface area (Å²) >= 11 is 1.79. The number of likely N-dealkylation sites (N-methyl/N-ethyl adjacent to an activating group) is 1. The molecule has 1 aromatic heterocycles. The molecule has 0 radical (unpaired) electrons. The summed E-state index contributed by atoms with van der Waals surface area (Å²) in [6.45, 7) is 10.1. The molecule has 2 N–H and O–H groups in total. The summed E-state index contributed by atoms with van der Waals surface area (Å²) in [7, 11) is 4.20. The van der Waals surface area contributed by atoms with E-state index in [4.69, 9.17) is 4.99 Å². The van der Waals surface area contributed by atoms with E-state index in [1.54, 1.807) is 11.3 Å². The molecule has 0 aliphatic heterocycles. The summed E-state index contributed by atoms with van der Waals surface area (Å²) in [5.41, 5.74) is 0.0115. The molecule has 0 aliphatic rings. The molecule has 0 spiro atoms. The van der Waals surface area contributed by atoms with Crippen molar-refractivity contribution in [2.45, 2.75) is 39.3 Å². The number of hydrogen-bond acceptors (Lipinski definition) is 3. The first-order valence-electron chi connectivity index (χ1n) is 7.10. The number of thiophene rings is 1. The molecular formula is C15H29IN4S. The third-order valence-electron chi connectivity index (χ3n) is 2.75. The van der Waals surface area contributed by atoms with Gasteiger partial charge in [0.15, 0.2) is 5.96 Å². The Morgan fingerprint density at radius 1 is 1.38 bits per heavy atom. The Morgan fingerprint density at radius 2 is 2.05 bits per heavy atom. The fourth-order valence-electron chi connectivity index (χ4n) is 1.83. The maximum atomic E-state index is 4.74. The van der Waals surface area contributed by atoms with Gasteiger partial charge < -0.3 is 15.5 Å². The number of nitrogens with zero attached hydrogens (tertiary/aromatic N) is 2. The van der Waals surface area contributed by atoms with Crippen LogP contribution in [0.4, 0.5) is 0 Å². The largest absolute Gasteiger partial charge is 0.357 e. The lowest BCUT2D eigenvalue weighted by atomic mass is 10.1. The van der Waals surface area contributed by atoms with Gasteiger partial charge in [-0.1, -0.05) is 6.07 Å². The van der Waals surface area contributed by atoms with Gasteiger partial charge in [0.25, 0.3) is 0 Å². The molecule has 1 unspecified atom stereocenters. The molecule has 0 fully saturated rings. The van der Waals surface area contributed by atoms with Gasteiger partial charge in [0.1, 0.15) is 0 Å². The van der Waals surface area contributed by atoms with Crippen LogP contribution in [0.2, 0.25) is 0 Å². The number of rotatable bonds is 5. The average molecular weight is 424 g/mol. The molecule has 4 nitrogen and oxygen atoms in total. The Bertz CT molecular complexity index is 410. The lowest BCUT2D eigenvalue weighted by Gasteiger charge is -2.25. The Labute approximate surface area is 150 Å². The van der Waals surface area contributed by atoms with Crippen molar-refractivity contribution in [3.8, 4) is 0 Å². The standard InChI is InChI=1S/C15H28N4S.HI/c1-7-16-14(18-15(2,3)4)17-11-12(19(5)6)13-9-8-10-20-13;/h8-10,12H,7,11H2,1-6H3,(H2,16,17,18);1H. The van der Waals surface area contributed by atoms with Crippen LogP contribution in [0, 0.1) is 0 Å². The molecule has 21 heavy (non-hydrogen) atoms. The molecule has 1 heterocycles. The molecular weight excluding hydrogens is 395 g/mol. The highest BCUT2D eigenvalue weighted by molar-refractivity contribution is 14.0. The third kappa shape index (κ3) is 8.01. The molecule has 0 saturated carbocycles. The van der Waals surface area contributed by atoms with E-state index < -0.39 is 0 Å². The second kappa shape index (κ2) is 9.63. The first-order chi connectivity index (χ1) is 9.33. The second-order valence-electron chi connectivity index (χ2n) is 6.09. The zero-order valence-electron chi connectivity index (χ0n) is 13.9. The van der Waals surface area contributed by atoms with E-state index in [-0.39, 0.29) is 29.5 Å². The van der Waals surface area contributed by atoms with Gasteiger partial charge >= 0.3 is 0 Å². The Kier molecular flexibility index (Phi) is 9.48. The summed E-state index contributed by atoms with van der Waals surface area (Å²) in [5.74, 6) is 0.878. The number of guanidine groups is 1. The SMILES string of the molecule is CCNC(=NCC(c1cccs1)N(C)C)NC(C)(C)C.I. The molecule has 0 saturated heterocycles. The Balaban J connectivity index is 0.00000400. The van der Waals surface area contributed by atoms with Crippen LogP contribution in [0.1, 0.15) is 38.6 Å². The molecule has 1 rings (SSSR count). The van der Waals surface area contributed by atoms with Gasteiger partial charge in [-0.3, -0.25) is 4.99 Å². The van der Waals surface area contributed by atoms with Gasteiger partial charge in [0.05, 0.1) is 12.6 Å². The Hall–Kier alpha value is -0.340. The average Bonchev–Trinajstić information content (AvgIpc) is 2.80. The number of halogens is 1. The van der Waals surface area contributed by atoms with Gasteiger partial charge in [-0.25, -0.2) is 0 Å². The van der Waals surface area contributed by atoms with Crippen LogP contribution in [0.3, 0.4) is 0 Å². The topological polar surface area (TPSA) is 39.7 Å². The lowest BCUT2D eigenvalue weighted by Crippen LogP contribution is -2.47. The molecule has 0 aliphatic carbocycles. The van der Waals surface area contributed by atoms with Gasteiger partial charge in [-0.05, 0) is 53.2 Å². The molecule has 6 heteroatoms. The molecule has 0 amide bonds. The number of nitrogens with one attached hydrogen (secondary N) is 2. The first kappa shape index (κ1) is 20.7. The van der Waals surface area contributed by atoms with Crippen LogP contribution in [-0.2, 0) is 0 Å². The van der Waals surface area contributed by atoms with E-state index in [2.05, 4.69) is 74.8 Å². The van der Waals surface area contributed by atoms with Gasteiger partial charge in [-0.15, -0.1) is 35.3 Å². The fourth-order valence-corrected chi connectivity index (χ4v) is 2.74. The normalized spacial score (nSPS) is 13.8. The van der Waals surface area contributed by atoms with E-state index in [0.29, 0.717) is 6.04 Å². The molecule has 1 atom stereocenters. The van der Waals surface area contributed by atoms with Crippen LogP contribution >= 0.6 is 35.3 Å². The van der Waals surface area contributed by atoms with Gasteiger partial charge in [0, 0.05) is 17.0 Å². The monoisotopic (exact) mass is 424 g/mol. The van der Waals surface area contributed by atoms with E-state index in [1.165, 1.54) is 4.88 Å². The third-order valence-corrected chi connectivity index (χ3v) is 3.73. The van der Waals surface area contributed by atoms with Crippen molar-refractivity contribution in [1.29, 1.82) is 0 Å². The zero-order valence-corrected chi connectivity index (χ0v) is 17.1. The highest BCUT2D eigenvalue weighted by Gasteiger charge is 2.16. The molecule has 122 valence electrons. The maximum absolute atomic E-state index is 4.74. The second-order valence-corrected chi connectivity index (χ2v) is 7.07. The summed E-state index contributed by atoms with van der Waals surface area (Å²) in [6, 6.07) is 4.60. The van der Waals surface area contributed by atoms with E-state index in [0.717, 1.165) is 19.0 Å². The van der Waals surface area contributed by atoms with Crippen LogP contribution in [-0.4, -0.2) is 43.6 Å². The van der Waals surface area contributed by atoms with Crippen LogP contribution in [0.15, 0.2) is 22.5 Å². The van der Waals surface area contributed by atoms with Crippen LogP contribution < -0.4 is 10.6 Å². The molecule has 0 aromatic carbocycles. The van der Waals surface area contributed by atoms with Crippen LogP contribution in [0.25, 0.3) is 0 Å². The van der Waals surface area contributed by atoms with Crippen molar-refractivity contribution in [2.24, 2.45) is 4.99 Å². The summed E-state index contributed by atoms with van der Waals surface area (Å²) in [6.07, 6.45) is 0. The minimum Gasteiger partial charge on any atom is -0.357 e. The minimum atomic E-state index is 0. The summed E-state index contributed by atoms with van der Waals surface area (Å²) < 4.78 is 0. The minimum absolute atomic E-state index is 0. The van der Waals surface area contributed by atoms with Gasteiger partial charge in [-0.2, -0.15) is 0 Å². The predicted octanol–water partition coefficient (Wildman–Crippen LogP) is 3.32. The first-order valence-corrected chi connectivity index (χ1v) is 7.97. The van der Waals surface area contributed by atoms with Crippen molar-refractivity contribution in [3.63, 3.8) is 0 Å². The smallest absolute Gasteiger partial charge is 0.191 e. The molecule has 0 bridgehead atoms. The predicted molar refractivity (Wildman–Crippen MR) is 105 cm³/mol. The molecule has 1 aromatic rings. The lowest BCUT2D eigenvalue weighted by molar-refractivity contribution is 0.310. The highest BCUT2D eigenvalue weighted by Crippen LogP contribution is 2.23. The zero-order chi connectivity index (χ0) is 15.2. The highest BCUT2D eigenvalue weighted by atomic mass is 127. The maximum Gasteiger partial charge on any atom is 0.191 e. The number of hydrogen-bond donors (Lipinski definition) is 2. The van der Waals surface area contributed by atoms with E-state index >= 15 is 0 Å². The van der Waals surface area contributed by atoms with E-state index in [1.807, 2.05) is 0 Å². The summed E-state index contributed by atoms with van der Waals surface area (Å²) in [5, 5.41) is 8.84. The van der Waals surface area contributed by atoms with E-state index in [9.17, 15) is 0 Å². The van der Waals surface area contributed by atoms with Crippen LogP contribution in [0.5, 0.6) is 0 Å².